The predicted molar refractivity (Wildman–Crippen MR) is 86.9 cm³/mol. The third-order valence-electron chi connectivity index (χ3n) is 3.24. The van der Waals surface area contributed by atoms with Crippen LogP contribution in [0, 0.1) is 0 Å². The summed E-state index contributed by atoms with van der Waals surface area (Å²) in [6.07, 6.45) is 2.02. The molecule has 0 aromatic heterocycles. The van der Waals surface area contributed by atoms with Gasteiger partial charge in [0.15, 0.2) is 0 Å². The molecule has 19 heavy (non-hydrogen) atoms. The molecule has 96 valence electrons. The minimum Gasteiger partial charge on any atom is -0.349 e. The first kappa shape index (κ1) is 12.7. The fourth-order valence-electron chi connectivity index (χ4n) is 2.26. The summed E-state index contributed by atoms with van der Waals surface area (Å²) in [6.45, 7) is 0. The van der Waals surface area contributed by atoms with Gasteiger partial charge in [-0.1, -0.05) is 54.7 Å². The molecule has 0 radical (unpaired) electrons. The van der Waals surface area contributed by atoms with Crippen molar-refractivity contribution in [2.45, 2.75) is 23.0 Å². The van der Waals surface area contributed by atoms with Gasteiger partial charge in [0.05, 0.1) is 10.7 Å². The molecule has 0 amide bonds. The molecule has 1 atom stereocenters. The molecule has 1 N–H and O–H groups in total. The Morgan fingerprint density at radius 3 is 2.58 bits per heavy atom. The molecule has 2 aromatic carbocycles. The zero-order valence-electron chi connectivity index (χ0n) is 10.5. The van der Waals surface area contributed by atoms with Gasteiger partial charge >= 0.3 is 0 Å². The highest BCUT2D eigenvalue weighted by Gasteiger charge is 2.18. The van der Waals surface area contributed by atoms with Crippen molar-refractivity contribution in [2.75, 3.05) is 5.32 Å². The maximum Gasteiger partial charge on any atom is 0.0798 e. The van der Waals surface area contributed by atoms with Crippen LogP contribution in [0.25, 0.3) is 0 Å². The van der Waals surface area contributed by atoms with Crippen molar-refractivity contribution in [1.29, 1.82) is 0 Å². The van der Waals surface area contributed by atoms with E-state index in [4.69, 9.17) is 12.2 Å². The first-order valence-electron chi connectivity index (χ1n) is 6.43. The minimum absolute atomic E-state index is 0.474. The van der Waals surface area contributed by atoms with E-state index in [0.717, 1.165) is 23.5 Å². The number of benzene rings is 2. The molecule has 1 unspecified atom stereocenters. The smallest absolute Gasteiger partial charge is 0.0798 e. The van der Waals surface area contributed by atoms with Crippen LogP contribution < -0.4 is 5.32 Å². The van der Waals surface area contributed by atoms with Crippen molar-refractivity contribution in [3.05, 3.63) is 60.2 Å². The Morgan fingerprint density at radius 1 is 1.00 bits per heavy atom. The summed E-state index contributed by atoms with van der Waals surface area (Å²) in [5.41, 5.74) is 2.52. The SMILES string of the molecule is S=C1CCC(c2ccccc2)Sc2ccccc2N1. The Kier molecular flexibility index (Phi) is 3.85. The quantitative estimate of drug-likeness (QED) is 0.736. The second-order valence-electron chi connectivity index (χ2n) is 4.60. The average Bonchev–Trinajstić information content (AvgIpc) is 2.44. The van der Waals surface area contributed by atoms with Crippen LogP contribution in [0.15, 0.2) is 59.5 Å². The second kappa shape index (κ2) is 5.76. The number of thiocarbonyl (C=S) groups is 1. The van der Waals surface area contributed by atoms with Gasteiger partial charge in [-0.15, -0.1) is 11.8 Å². The highest BCUT2D eigenvalue weighted by atomic mass is 32.2. The van der Waals surface area contributed by atoms with Crippen molar-refractivity contribution >= 4 is 34.7 Å². The average molecular weight is 285 g/mol. The monoisotopic (exact) mass is 285 g/mol. The summed E-state index contributed by atoms with van der Waals surface area (Å²) in [6, 6.07) is 19.1. The minimum atomic E-state index is 0.474. The molecule has 0 spiro atoms. The Balaban J connectivity index is 1.95. The molecule has 3 heteroatoms. The molecular formula is C16H15NS2. The zero-order chi connectivity index (χ0) is 13.1. The van der Waals surface area contributed by atoms with E-state index < -0.39 is 0 Å². The summed E-state index contributed by atoms with van der Waals surface area (Å²) in [5.74, 6) is 0. The molecule has 1 aliphatic heterocycles. The van der Waals surface area contributed by atoms with Crippen LogP contribution in [0.3, 0.4) is 0 Å². The van der Waals surface area contributed by atoms with Crippen LogP contribution in [0.4, 0.5) is 5.69 Å². The number of thioether (sulfide) groups is 1. The molecular weight excluding hydrogens is 270 g/mol. The van der Waals surface area contributed by atoms with Crippen molar-refractivity contribution in [3.63, 3.8) is 0 Å². The van der Waals surface area contributed by atoms with E-state index >= 15 is 0 Å². The standard InChI is InChI=1S/C16H15NS2/c18-16-11-10-14(12-6-2-1-3-7-12)19-15-9-5-4-8-13(15)17-16/h1-9,14H,10-11H2,(H,17,18). The zero-order valence-corrected chi connectivity index (χ0v) is 12.1. The first-order valence-corrected chi connectivity index (χ1v) is 7.72. The van der Waals surface area contributed by atoms with E-state index in [0.29, 0.717) is 5.25 Å². The second-order valence-corrected chi connectivity index (χ2v) is 6.34. The van der Waals surface area contributed by atoms with Gasteiger partial charge in [-0.25, -0.2) is 0 Å². The van der Waals surface area contributed by atoms with Crippen LogP contribution in [0.1, 0.15) is 23.7 Å². The van der Waals surface area contributed by atoms with Gasteiger partial charge in [0.2, 0.25) is 0 Å². The fraction of sp³-hybridized carbons (Fsp3) is 0.188. The molecule has 1 heterocycles. The van der Waals surface area contributed by atoms with Gasteiger partial charge < -0.3 is 5.32 Å². The highest BCUT2D eigenvalue weighted by molar-refractivity contribution is 7.99. The lowest BCUT2D eigenvalue weighted by Crippen LogP contribution is -2.13. The van der Waals surface area contributed by atoms with Gasteiger partial charge in [0.1, 0.15) is 0 Å². The van der Waals surface area contributed by atoms with Crippen molar-refractivity contribution < 1.29 is 0 Å². The molecule has 0 saturated heterocycles. The normalized spacial score (nSPS) is 18.9. The maximum absolute atomic E-state index is 5.41. The van der Waals surface area contributed by atoms with Gasteiger partial charge in [-0.3, -0.25) is 0 Å². The van der Waals surface area contributed by atoms with E-state index in [1.165, 1.54) is 10.5 Å². The topological polar surface area (TPSA) is 12.0 Å². The molecule has 0 fully saturated rings. The predicted octanol–water partition coefficient (Wildman–Crippen LogP) is 5.05. The van der Waals surface area contributed by atoms with Crippen LogP contribution >= 0.6 is 24.0 Å². The molecule has 2 aromatic rings. The fourth-order valence-corrected chi connectivity index (χ4v) is 3.73. The Bertz CT molecular complexity index is 580. The number of fused-ring (bicyclic) bond motifs is 1. The lowest BCUT2D eigenvalue weighted by atomic mass is 10.1. The molecule has 1 nitrogen and oxygen atoms in total. The molecule has 0 saturated carbocycles. The van der Waals surface area contributed by atoms with E-state index in [1.807, 2.05) is 17.8 Å². The number of anilines is 1. The lowest BCUT2D eigenvalue weighted by molar-refractivity contribution is 0.845. The summed E-state index contributed by atoms with van der Waals surface area (Å²) in [4.78, 5) is 2.21. The Hall–Kier alpha value is -1.32. The number of para-hydroxylation sites is 1. The van der Waals surface area contributed by atoms with Gasteiger partial charge in [0.25, 0.3) is 0 Å². The number of rotatable bonds is 1. The summed E-state index contributed by atoms with van der Waals surface area (Å²) in [5, 5.41) is 3.82. The highest BCUT2D eigenvalue weighted by Crippen LogP contribution is 2.43. The van der Waals surface area contributed by atoms with Crippen molar-refractivity contribution in [3.8, 4) is 0 Å². The van der Waals surface area contributed by atoms with Crippen LogP contribution in [-0.2, 0) is 0 Å². The molecule has 1 aliphatic rings. The van der Waals surface area contributed by atoms with Crippen molar-refractivity contribution in [2.24, 2.45) is 0 Å². The van der Waals surface area contributed by atoms with E-state index in [9.17, 15) is 0 Å². The number of hydrogen-bond acceptors (Lipinski definition) is 2. The van der Waals surface area contributed by atoms with Crippen molar-refractivity contribution in [1.82, 2.24) is 0 Å². The van der Waals surface area contributed by atoms with Crippen LogP contribution in [0.5, 0.6) is 0 Å². The third kappa shape index (κ3) is 2.99. The summed E-state index contributed by atoms with van der Waals surface area (Å²) in [7, 11) is 0. The Labute approximate surface area is 123 Å². The van der Waals surface area contributed by atoms with Gasteiger partial charge in [-0.05, 0) is 30.5 Å². The lowest BCUT2D eigenvalue weighted by Gasteiger charge is -2.23. The van der Waals surface area contributed by atoms with Crippen LogP contribution in [0.2, 0.25) is 0 Å². The summed E-state index contributed by atoms with van der Waals surface area (Å²) < 4.78 is 0. The number of hydrogen-bond donors (Lipinski definition) is 1. The summed E-state index contributed by atoms with van der Waals surface area (Å²) >= 11 is 7.34. The van der Waals surface area contributed by atoms with E-state index in [1.54, 1.807) is 0 Å². The first-order chi connectivity index (χ1) is 9.33. The van der Waals surface area contributed by atoms with Gasteiger partial charge in [-0.2, -0.15) is 0 Å². The van der Waals surface area contributed by atoms with Crippen LogP contribution in [-0.4, -0.2) is 4.99 Å². The molecule has 0 aliphatic carbocycles. The van der Waals surface area contributed by atoms with E-state index in [2.05, 4.69) is 53.8 Å². The maximum atomic E-state index is 5.41. The number of nitrogens with one attached hydrogen (secondary N) is 1. The molecule has 3 rings (SSSR count). The third-order valence-corrected chi connectivity index (χ3v) is 4.94. The molecule has 0 bridgehead atoms. The van der Waals surface area contributed by atoms with E-state index in [-0.39, 0.29) is 0 Å². The van der Waals surface area contributed by atoms with Gasteiger partial charge in [0, 0.05) is 10.1 Å². The Morgan fingerprint density at radius 2 is 1.74 bits per heavy atom. The largest absolute Gasteiger partial charge is 0.349 e.